The van der Waals surface area contributed by atoms with Crippen LogP contribution in [0.2, 0.25) is 0 Å². The summed E-state index contributed by atoms with van der Waals surface area (Å²) in [5.74, 6) is -0.250. The summed E-state index contributed by atoms with van der Waals surface area (Å²) in [6, 6.07) is 22.0. The molecule has 164 valence electrons. The van der Waals surface area contributed by atoms with Crippen molar-refractivity contribution in [3.05, 3.63) is 95.9 Å². The van der Waals surface area contributed by atoms with E-state index in [0.29, 0.717) is 24.2 Å². The predicted molar refractivity (Wildman–Crippen MR) is 124 cm³/mol. The smallest absolute Gasteiger partial charge is 0.268 e. The summed E-state index contributed by atoms with van der Waals surface area (Å²) in [6.07, 6.45) is 1.68. The molecule has 7 nitrogen and oxygen atoms in total. The van der Waals surface area contributed by atoms with Crippen LogP contribution in [0.25, 0.3) is 10.9 Å². The van der Waals surface area contributed by atoms with Crippen LogP contribution in [0.4, 0.5) is 0 Å². The lowest BCUT2D eigenvalue weighted by molar-refractivity contribution is 0.0942. The van der Waals surface area contributed by atoms with Crippen LogP contribution in [0.5, 0.6) is 0 Å². The molecule has 4 rings (SSSR count). The summed E-state index contributed by atoms with van der Waals surface area (Å²) in [7, 11) is -0.589. The molecular weight excluding hydrogens is 424 g/mol. The van der Waals surface area contributed by atoms with Gasteiger partial charge >= 0.3 is 0 Å². The van der Waals surface area contributed by atoms with Gasteiger partial charge in [-0.3, -0.25) is 9.78 Å². The highest BCUT2D eigenvalue weighted by atomic mass is 32.2. The molecule has 0 spiro atoms. The quantitative estimate of drug-likeness (QED) is 0.470. The molecule has 0 aliphatic heterocycles. The van der Waals surface area contributed by atoms with Gasteiger partial charge in [0.05, 0.1) is 17.1 Å². The Kier molecular flexibility index (Phi) is 6.07. The SMILES string of the molecule is CN(C)S(=O)(=O)c1ccc2c(c1)cc(C(=O)NCc1ccccn1)n2Cc1ccccc1. The number of pyridine rings is 1. The minimum absolute atomic E-state index is 0.187. The van der Waals surface area contributed by atoms with E-state index in [4.69, 9.17) is 0 Å². The number of carbonyl (C=O) groups excluding carboxylic acids is 1. The number of rotatable bonds is 7. The number of sulfonamides is 1. The summed E-state index contributed by atoms with van der Waals surface area (Å²) < 4.78 is 28.3. The lowest BCUT2D eigenvalue weighted by Crippen LogP contribution is -2.26. The molecule has 0 unspecified atom stereocenters. The van der Waals surface area contributed by atoms with E-state index in [1.807, 2.05) is 53.1 Å². The molecule has 4 aromatic rings. The molecule has 0 radical (unpaired) electrons. The van der Waals surface area contributed by atoms with Crippen LogP contribution < -0.4 is 5.32 Å². The third kappa shape index (κ3) is 4.42. The molecule has 0 aliphatic carbocycles. The average Bonchev–Trinajstić information content (AvgIpc) is 3.16. The zero-order valence-corrected chi connectivity index (χ0v) is 18.7. The maximum absolute atomic E-state index is 13.1. The number of fused-ring (bicyclic) bond motifs is 1. The van der Waals surface area contributed by atoms with Crippen LogP contribution in [0.1, 0.15) is 21.7 Å². The van der Waals surface area contributed by atoms with Crippen molar-refractivity contribution >= 4 is 26.8 Å². The van der Waals surface area contributed by atoms with Gasteiger partial charge in [-0.2, -0.15) is 0 Å². The lowest BCUT2D eigenvalue weighted by Gasteiger charge is -2.13. The van der Waals surface area contributed by atoms with E-state index in [2.05, 4.69) is 10.3 Å². The zero-order valence-electron chi connectivity index (χ0n) is 17.9. The molecule has 0 aliphatic rings. The molecule has 2 heterocycles. The highest BCUT2D eigenvalue weighted by Gasteiger charge is 2.21. The number of nitrogens with one attached hydrogen (secondary N) is 1. The molecule has 0 fully saturated rings. The minimum atomic E-state index is -3.58. The zero-order chi connectivity index (χ0) is 22.7. The van der Waals surface area contributed by atoms with E-state index >= 15 is 0 Å². The lowest BCUT2D eigenvalue weighted by atomic mass is 10.2. The third-order valence-corrected chi connectivity index (χ3v) is 7.03. The summed E-state index contributed by atoms with van der Waals surface area (Å²) in [4.78, 5) is 17.5. The maximum Gasteiger partial charge on any atom is 0.268 e. The Morgan fingerprint density at radius 1 is 1.00 bits per heavy atom. The van der Waals surface area contributed by atoms with Gasteiger partial charge in [-0.1, -0.05) is 36.4 Å². The second-order valence-corrected chi connectivity index (χ2v) is 9.76. The monoisotopic (exact) mass is 448 g/mol. The Balaban J connectivity index is 1.75. The Bertz CT molecular complexity index is 1350. The molecule has 32 heavy (non-hydrogen) atoms. The summed E-state index contributed by atoms with van der Waals surface area (Å²) in [5.41, 5.74) is 3.04. The fourth-order valence-corrected chi connectivity index (χ4v) is 4.45. The number of hydrogen-bond donors (Lipinski definition) is 1. The van der Waals surface area contributed by atoms with Crippen LogP contribution in [0, 0.1) is 0 Å². The van der Waals surface area contributed by atoms with E-state index in [0.717, 1.165) is 16.8 Å². The van der Waals surface area contributed by atoms with Crippen molar-refractivity contribution in [2.75, 3.05) is 14.1 Å². The largest absolute Gasteiger partial charge is 0.345 e. The number of carbonyl (C=O) groups is 1. The summed E-state index contributed by atoms with van der Waals surface area (Å²) in [6.45, 7) is 0.781. The molecule has 1 amide bonds. The average molecular weight is 449 g/mol. The van der Waals surface area contributed by atoms with E-state index < -0.39 is 10.0 Å². The molecule has 1 N–H and O–H groups in total. The third-order valence-electron chi connectivity index (χ3n) is 5.22. The molecule has 0 atom stereocenters. The van der Waals surface area contributed by atoms with Gasteiger partial charge in [0.25, 0.3) is 5.91 Å². The molecule has 0 bridgehead atoms. The van der Waals surface area contributed by atoms with Gasteiger partial charge in [0.1, 0.15) is 5.69 Å². The fourth-order valence-electron chi connectivity index (χ4n) is 3.51. The minimum Gasteiger partial charge on any atom is -0.345 e. The fraction of sp³-hybridized carbons (Fsp3) is 0.167. The first-order chi connectivity index (χ1) is 15.4. The van der Waals surface area contributed by atoms with E-state index in [-0.39, 0.29) is 10.8 Å². The van der Waals surface area contributed by atoms with Gasteiger partial charge < -0.3 is 9.88 Å². The number of aromatic nitrogens is 2. The summed E-state index contributed by atoms with van der Waals surface area (Å²) in [5, 5.41) is 3.60. The van der Waals surface area contributed by atoms with Crippen LogP contribution >= 0.6 is 0 Å². The second kappa shape index (κ2) is 8.94. The van der Waals surface area contributed by atoms with Crippen LogP contribution in [-0.4, -0.2) is 42.3 Å². The van der Waals surface area contributed by atoms with Gasteiger partial charge in [0.15, 0.2) is 0 Å². The van der Waals surface area contributed by atoms with Gasteiger partial charge in [-0.05, 0) is 42.0 Å². The van der Waals surface area contributed by atoms with Crippen molar-refractivity contribution in [2.24, 2.45) is 0 Å². The second-order valence-electron chi connectivity index (χ2n) is 7.61. The molecule has 2 aromatic heterocycles. The number of amides is 1. The van der Waals surface area contributed by atoms with Crippen LogP contribution in [0.15, 0.2) is 83.9 Å². The normalized spacial score (nSPS) is 11.7. The van der Waals surface area contributed by atoms with Gasteiger partial charge in [-0.15, -0.1) is 0 Å². The first kappa shape index (κ1) is 21.7. The Hall–Kier alpha value is -3.49. The predicted octanol–water partition coefficient (Wildman–Crippen LogP) is 3.26. The van der Waals surface area contributed by atoms with Gasteiger partial charge in [-0.25, -0.2) is 12.7 Å². The number of nitrogens with zero attached hydrogens (tertiary/aromatic N) is 3. The molecule has 2 aromatic carbocycles. The van der Waals surface area contributed by atoms with Crippen molar-refractivity contribution in [3.63, 3.8) is 0 Å². The van der Waals surface area contributed by atoms with Gasteiger partial charge in [0, 0.05) is 37.7 Å². The maximum atomic E-state index is 13.1. The van der Waals surface area contributed by atoms with Crippen molar-refractivity contribution in [3.8, 4) is 0 Å². The van der Waals surface area contributed by atoms with Crippen molar-refractivity contribution in [1.29, 1.82) is 0 Å². The Morgan fingerprint density at radius 3 is 2.44 bits per heavy atom. The van der Waals surface area contributed by atoms with Gasteiger partial charge in [0.2, 0.25) is 10.0 Å². The Labute approximate surface area is 187 Å². The first-order valence-electron chi connectivity index (χ1n) is 10.1. The van der Waals surface area contributed by atoms with Crippen LogP contribution in [0.3, 0.4) is 0 Å². The topological polar surface area (TPSA) is 84.3 Å². The number of hydrogen-bond acceptors (Lipinski definition) is 4. The molecular formula is C24H24N4O3S. The molecule has 0 saturated carbocycles. The number of benzene rings is 2. The first-order valence-corrected chi connectivity index (χ1v) is 11.6. The summed E-state index contributed by atoms with van der Waals surface area (Å²) >= 11 is 0. The highest BCUT2D eigenvalue weighted by Crippen LogP contribution is 2.26. The van der Waals surface area contributed by atoms with Crippen molar-refractivity contribution in [2.45, 2.75) is 18.0 Å². The Morgan fingerprint density at radius 2 is 1.75 bits per heavy atom. The molecule has 0 saturated heterocycles. The van der Waals surface area contributed by atoms with Crippen LogP contribution in [-0.2, 0) is 23.1 Å². The van der Waals surface area contributed by atoms with Crippen molar-refractivity contribution in [1.82, 2.24) is 19.2 Å². The van der Waals surface area contributed by atoms with Crippen molar-refractivity contribution < 1.29 is 13.2 Å². The van der Waals surface area contributed by atoms with E-state index in [1.165, 1.54) is 18.4 Å². The van der Waals surface area contributed by atoms with E-state index in [9.17, 15) is 13.2 Å². The highest BCUT2D eigenvalue weighted by molar-refractivity contribution is 7.89. The standard InChI is InChI=1S/C24H24N4O3S/c1-27(2)32(30,31)21-11-12-22-19(14-21)15-23(28(22)17-18-8-4-3-5-9-18)24(29)26-16-20-10-6-7-13-25-20/h3-15H,16-17H2,1-2H3,(H,26,29). The molecule has 8 heteroatoms. The van der Waals surface area contributed by atoms with E-state index in [1.54, 1.807) is 30.5 Å².